The molecule has 1 aliphatic rings. The van der Waals surface area contributed by atoms with Crippen LogP contribution in [0.3, 0.4) is 0 Å². The zero-order chi connectivity index (χ0) is 21.8. The second kappa shape index (κ2) is 9.43. The largest absolute Gasteiger partial charge is 0.459 e. The predicted octanol–water partition coefficient (Wildman–Crippen LogP) is 3.59. The number of amides is 1. The van der Waals surface area contributed by atoms with Gasteiger partial charge < -0.3 is 14.3 Å². The van der Waals surface area contributed by atoms with E-state index in [-0.39, 0.29) is 23.5 Å². The van der Waals surface area contributed by atoms with Gasteiger partial charge in [-0.1, -0.05) is 26.0 Å². The average molecular weight is 426 g/mol. The Balaban J connectivity index is 1.49. The molecule has 1 aliphatic heterocycles. The number of hydrogen-bond donors (Lipinski definition) is 1. The number of hydrogen-bond acceptors (Lipinski definition) is 5. The summed E-state index contributed by atoms with van der Waals surface area (Å²) in [6.07, 6.45) is 2.99. The lowest BCUT2D eigenvalue weighted by atomic mass is 10.0. The fourth-order valence-corrected chi connectivity index (χ4v) is 4.04. The van der Waals surface area contributed by atoms with E-state index in [1.54, 1.807) is 24.3 Å². The van der Waals surface area contributed by atoms with E-state index >= 15 is 0 Å². The Kier molecular flexibility index (Phi) is 6.46. The number of halogens is 1. The average Bonchev–Trinajstić information content (AvgIpc) is 3.36. The first-order valence-electron chi connectivity index (χ1n) is 10.7. The molecule has 0 saturated heterocycles. The first-order valence-corrected chi connectivity index (χ1v) is 10.7. The number of carbonyl (C=O) groups excluding carboxylic acids is 1. The maximum absolute atomic E-state index is 13.5. The minimum Gasteiger partial charge on any atom is -0.459 e. The molecule has 31 heavy (non-hydrogen) atoms. The summed E-state index contributed by atoms with van der Waals surface area (Å²) in [5.41, 5.74) is 0.960. The molecular weight excluding hydrogens is 397 g/mol. The molecule has 3 heterocycles. The number of fused-ring (bicyclic) bond motifs is 1. The Morgan fingerprint density at radius 3 is 2.81 bits per heavy atom. The van der Waals surface area contributed by atoms with Gasteiger partial charge in [0.1, 0.15) is 11.6 Å². The van der Waals surface area contributed by atoms with Gasteiger partial charge in [0.25, 0.3) is 5.91 Å². The van der Waals surface area contributed by atoms with E-state index in [9.17, 15) is 9.18 Å². The van der Waals surface area contributed by atoms with E-state index in [1.165, 1.54) is 12.3 Å². The van der Waals surface area contributed by atoms with Crippen LogP contribution in [-0.4, -0.2) is 38.7 Å². The third-order valence-corrected chi connectivity index (χ3v) is 5.51. The molecule has 0 saturated carbocycles. The van der Waals surface area contributed by atoms with Crippen molar-refractivity contribution in [1.82, 2.24) is 25.0 Å². The molecule has 0 aliphatic carbocycles. The van der Waals surface area contributed by atoms with Gasteiger partial charge >= 0.3 is 0 Å². The molecule has 8 heteroatoms. The van der Waals surface area contributed by atoms with Crippen LogP contribution < -0.4 is 5.32 Å². The number of carbonyl (C=O) groups is 1. The Morgan fingerprint density at radius 1 is 1.19 bits per heavy atom. The van der Waals surface area contributed by atoms with E-state index in [4.69, 9.17) is 4.42 Å². The van der Waals surface area contributed by atoms with Crippen molar-refractivity contribution in [2.45, 2.75) is 45.8 Å². The first kappa shape index (κ1) is 21.2. The highest BCUT2D eigenvalue weighted by Crippen LogP contribution is 2.23. The zero-order valence-electron chi connectivity index (χ0n) is 17.9. The second-order valence-electron chi connectivity index (χ2n) is 8.42. The summed E-state index contributed by atoms with van der Waals surface area (Å²) in [6.45, 7) is 7.27. The fourth-order valence-electron chi connectivity index (χ4n) is 4.04. The smallest absolute Gasteiger partial charge is 0.287 e. The monoisotopic (exact) mass is 425 g/mol. The third-order valence-electron chi connectivity index (χ3n) is 5.51. The van der Waals surface area contributed by atoms with Crippen LogP contribution in [0, 0.1) is 11.7 Å². The quantitative estimate of drug-likeness (QED) is 0.626. The Hall–Kier alpha value is -3.00. The minimum absolute atomic E-state index is 0.212. The second-order valence-corrected chi connectivity index (χ2v) is 8.42. The molecule has 1 atom stereocenters. The number of aromatic nitrogens is 3. The highest BCUT2D eigenvalue weighted by atomic mass is 19.1. The molecule has 0 radical (unpaired) electrons. The predicted molar refractivity (Wildman–Crippen MR) is 114 cm³/mol. The van der Waals surface area contributed by atoms with Gasteiger partial charge in [-0.25, -0.2) is 4.39 Å². The molecule has 164 valence electrons. The molecule has 0 fully saturated rings. The number of nitrogens with zero attached hydrogens (tertiary/aromatic N) is 4. The van der Waals surface area contributed by atoms with Gasteiger partial charge in [-0.3, -0.25) is 9.69 Å². The van der Waals surface area contributed by atoms with Crippen molar-refractivity contribution in [3.05, 3.63) is 71.5 Å². The Morgan fingerprint density at radius 2 is 2.06 bits per heavy atom. The van der Waals surface area contributed by atoms with Crippen LogP contribution in [0.2, 0.25) is 0 Å². The maximum atomic E-state index is 13.5. The van der Waals surface area contributed by atoms with E-state index in [2.05, 4.69) is 38.8 Å². The molecular formula is C23H28FN5O2. The zero-order valence-corrected chi connectivity index (χ0v) is 17.9. The summed E-state index contributed by atoms with van der Waals surface area (Å²) in [6, 6.07) is 9.83. The lowest BCUT2D eigenvalue weighted by molar-refractivity contribution is 0.0900. The molecule has 0 unspecified atom stereocenters. The number of rotatable bonds is 7. The standard InChI is InChI=1S/C23H28FN5O2/c1-16(2)13-19(25-23(30)20-7-4-12-31-20)22-27-26-21-8-9-28(10-11-29(21)22)15-17-5-3-6-18(24)14-17/h3-7,12,14,16,19H,8-11,13,15H2,1-2H3,(H,25,30)/t19-/m0/s1. The first-order chi connectivity index (χ1) is 15.0. The van der Waals surface area contributed by atoms with E-state index in [0.29, 0.717) is 12.5 Å². The van der Waals surface area contributed by atoms with Crippen molar-refractivity contribution >= 4 is 5.91 Å². The molecule has 0 spiro atoms. The van der Waals surface area contributed by atoms with Crippen molar-refractivity contribution in [2.75, 3.05) is 13.1 Å². The molecule has 1 amide bonds. The normalized spacial score (nSPS) is 15.5. The van der Waals surface area contributed by atoms with Crippen LogP contribution in [-0.2, 0) is 19.5 Å². The van der Waals surface area contributed by atoms with Gasteiger partial charge in [0.2, 0.25) is 0 Å². The van der Waals surface area contributed by atoms with Gasteiger partial charge in [0, 0.05) is 32.6 Å². The summed E-state index contributed by atoms with van der Waals surface area (Å²) in [7, 11) is 0. The van der Waals surface area contributed by atoms with Crippen molar-refractivity contribution in [3.8, 4) is 0 Å². The van der Waals surface area contributed by atoms with Crippen LogP contribution in [0.1, 0.15) is 54.1 Å². The highest BCUT2D eigenvalue weighted by molar-refractivity contribution is 5.91. The van der Waals surface area contributed by atoms with Gasteiger partial charge in [-0.2, -0.15) is 0 Å². The molecule has 0 bridgehead atoms. The van der Waals surface area contributed by atoms with Crippen LogP contribution >= 0.6 is 0 Å². The summed E-state index contributed by atoms with van der Waals surface area (Å²) < 4.78 is 20.9. The summed E-state index contributed by atoms with van der Waals surface area (Å²) in [4.78, 5) is 14.9. The van der Waals surface area contributed by atoms with Gasteiger partial charge in [-0.15, -0.1) is 10.2 Å². The molecule has 1 aromatic carbocycles. The SMILES string of the molecule is CC(C)C[C@H](NC(=O)c1ccco1)c1nnc2n1CCN(Cc1cccc(F)c1)CC2. The molecule has 3 aromatic rings. The molecule has 4 rings (SSSR count). The van der Waals surface area contributed by atoms with Crippen molar-refractivity contribution in [2.24, 2.45) is 5.92 Å². The Bertz CT molecular complexity index is 1010. The molecule has 1 N–H and O–H groups in total. The summed E-state index contributed by atoms with van der Waals surface area (Å²) >= 11 is 0. The summed E-state index contributed by atoms with van der Waals surface area (Å²) in [5, 5.41) is 11.9. The highest BCUT2D eigenvalue weighted by Gasteiger charge is 2.27. The van der Waals surface area contributed by atoms with Crippen molar-refractivity contribution in [1.29, 1.82) is 0 Å². The summed E-state index contributed by atoms with van der Waals surface area (Å²) in [5.74, 6) is 1.87. The van der Waals surface area contributed by atoms with Crippen molar-refractivity contribution < 1.29 is 13.6 Å². The third kappa shape index (κ3) is 5.19. The maximum Gasteiger partial charge on any atom is 0.287 e. The van der Waals surface area contributed by atoms with E-state index < -0.39 is 0 Å². The number of furan rings is 1. The number of benzene rings is 1. The minimum atomic E-state index is -0.256. The van der Waals surface area contributed by atoms with Crippen LogP contribution in [0.5, 0.6) is 0 Å². The Labute approximate surface area is 181 Å². The van der Waals surface area contributed by atoms with E-state index in [0.717, 1.165) is 49.7 Å². The van der Waals surface area contributed by atoms with Crippen LogP contribution in [0.4, 0.5) is 4.39 Å². The topological polar surface area (TPSA) is 76.2 Å². The lowest BCUT2D eigenvalue weighted by Gasteiger charge is -2.22. The van der Waals surface area contributed by atoms with Gasteiger partial charge in [-0.05, 0) is 42.2 Å². The van der Waals surface area contributed by atoms with Crippen molar-refractivity contribution in [3.63, 3.8) is 0 Å². The molecule has 7 nitrogen and oxygen atoms in total. The van der Waals surface area contributed by atoms with E-state index in [1.807, 2.05) is 6.07 Å². The fraction of sp³-hybridized carbons (Fsp3) is 0.435. The van der Waals surface area contributed by atoms with Gasteiger partial charge in [0.05, 0.1) is 12.3 Å². The lowest BCUT2D eigenvalue weighted by Crippen LogP contribution is -2.32. The van der Waals surface area contributed by atoms with Crippen LogP contribution in [0.25, 0.3) is 0 Å². The number of nitrogens with one attached hydrogen (secondary N) is 1. The van der Waals surface area contributed by atoms with Crippen LogP contribution in [0.15, 0.2) is 47.1 Å². The van der Waals surface area contributed by atoms with Gasteiger partial charge in [0.15, 0.2) is 11.6 Å². The molecule has 2 aromatic heterocycles.